The molecule has 1 aliphatic rings. The van der Waals surface area contributed by atoms with Crippen molar-refractivity contribution in [2.75, 3.05) is 18.4 Å². The fourth-order valence-electron chi connectivity index (χ4n) is 3.19. The summed E-state index contributed by atoms with van der Waals surface area (Å²) < 4.78 is 0. The summed E-state index contributed by atoms with van der Waals surface area (Å²) in [4.78, 5) is 31.3. The van der Waals surface area contributed by atoms with Gasteiger partial charge in [0.05, 0.1) is 0 Å². The molecule has 5 nitrogen and oxygen atoms in total. The minimum atomic E-state index is -0.307. The maximum Gasteiger partial charge on any atom is 0.274 e. The molecule has 1 aliphatic heterocycles. The third kappa shape index (κ3) is 4.10. The zero-order chi connectivity index (χ0) is 18.7. The van der Waals surface area contributed by atoms with Gasteiger partial charge in [0.2, 0.25) is 0 Å². The number of amides is 2. The predicted octanol–water partition coefficient (Wildman–Crippen LogP) is 3.82. The first kappa shape index (κ1) is 18.1. The molecule has 2 aromatic rings. The lowest BCUT2D eigenvalue weighted by Gasteiger charge is -2.30. The van der Waals surface area contributed by atoms with E-state index in [0.717, 1.165) is 42.7 Å². The van der Waals surface area contributed by atoms with Crippen LogP contribution in [0.4, 0.5) is 5.69 Å². The molecule has 0 atom stereocenters. The van der Waals surface area contributed by atoms with Crippen molar-refractivity contribution >= 4 is 17.5 Å². The van der Waals surface area contributed by atoms with Gasteiger partial charge in [0, 0.05) is 18.8 Å². The number of likely N-dealkylation sites (tertiary alicyclic amines) is 1. The number of piperidine rings is 1. The zero-order valence-electron chi connectivity index (χ0n) is 15.6. The number of carbonyl (C=O) groups excluding carboxylic acids is 2. The Balaban J connectivity index is 1.74. The van der Waals surface area contributed by atoms with E-state index in [9.17, 15) is 9.59 Å². The minimum absolute atomic E-state index is 0.0990. The number of aryl methyl sites for hydroxylation is 2. The number of hydrogen-bond donors (Lipinski definition) is 1. The first-order valence-electron chi connectivity index (χ1n) is 9.09. The minimum Gasteiger partial charge on any atom is -0.337 e. The number of hydrogen-bond acceptors (Lipinski definition) is 3. The highest BCUT2D eigenvalue weighted by Gasteiger charge is 2.23. The molecular formula is C21H25N3O2. The van der Waals surface area contributed by atoms with Gasteiger partial charge in [-0.1, -0.05) is 30.7 Å². The van der Waals surface area contributed by atoms with Crippen molar-refractivity contribution in [2.24, 2.45) is 5.92 Å². The number of nitrogens with zero attached hydrogens (tertiary/aromatic N) is 2. The number of pyridine rings is 1. The van der Waals surface area contributed by atoms with Gasteiger partial charge in [-0.3, -0.25) is 9.59 Å². The molecule has 2 heterocycles. The van der Waals surface area contributed by atoms with Crippen molar-refractivity contribution in [1.29, 1.82) is 0 Å². The Morgan fingerprint density at radius 3 is 2.46 bits per heavy atom. The van der Waals surface area contributed by atoms with Crippen molar-refractivity contribution < 1.29 is 9.59 Å². The van der Waals surface area contributed by atoms with E-state index in [0.29, 0.717) is 11.6 Å². The first-order chi connectivity index (χ1) is 12.4. The quantitative estimate of drug-likeness (QED) is 0.914. The number of anilines is 1. The van der Waals surface area contributed by atoms with E-state index in [1.807, 2.05) is 36.9 Å². The molecule has 26 heavy (non-hydrogen) atoms. The largest absolute Gasteiger partial charge is 0.337 e. The smallest absolute Gasteiger partial charge is 0.274 e. The SMILES string of the molecule is Cc1ccc(NC(=O)c2cccc(C(=O)N3CCC(C)CC3)n2)c(C)c1. The molecule has 1 saturated heterocycles. The molecule has 2 amide bonds. The number of benzene rings is 1. The summed E-state index contributed by atoms with van der Waals surface area (Å²) in [7, 11) is 0. The Kier molecular flexibility index (Phi) is 5.35. The van der Waals surface area contributed by atoms with Crippen LogP contribution in [0.3, 0.4) is 0 Å². The average Bonchev–Trinajstić information content (AvgIpc) is 2.64. The molecular weight excluding hydrogens is 326 g/mol. The fourth-order valence-corrected chi connectivity index (χ4v) is 3.19. The number of aromatic nitrogens is 1. The summed E-state index contributed by atoms with van der Waals surface area (Å²) in [5, 5.41) is 2.88. The van der Waals surface area contributed by atoms with Gasteiger partial charge in [-0.25, -0.2) is 4.98 Å². The molecule has 3 rings (SSSR count). The summed E-state index contributed by atoms with van der Waals surface area (Å²) in [6.45, 7) is 7.67. The molecule has 136 valence electrons. The highest BCUT2D eigenvalue weighted by atomic mass is 16.2. The van der Waals surface area contributed by atoms with Gasteiger partial charge in [0.1, 0.15) is 11.4 Å². The normalized spacial score (nSPS) is 15.0. The van der Waals surface area contributed by atoms with E-state index in [2.05, 4.69) is 17.2 Å². The topological polar surface area (TPSA) is 62.3 Å². The van der Waals surface area contributed by atoms with Crippen LogP contribution >= 0.6 is 0 Å². The highest BCUT2D eigenvalue weighted by Crippen LogP contribution is 2.19. The van der Waals surface area contributed by atoms with E-state index >= 15 is 0 Å². The van der Waals surface area contributed by atoms with Crippen LogP contribution in [-0.4, -0.2) is 34.8 Å². The number of rotatable bonds is 3. The van der Waals surface area contributed by atoms with E-state index in [-0.39, 0.29) is 17.5 Å². The van der Waals surface area contributed by atoms with Crippen LogP contribution in [0.5, 0.6) is 0 Å². The van der Waals surface area contributed by atoms with E-state index in [1.165, 1.54) is 0 Å². The van der Waals surface area contributed by atoms with Crippen molar-refractivity contribution in [3.63, 3.8) is 0 Å². The molecule has 0 spiro atoms. The molecule has 0 bridgehead atoms. The Hall–Kier alpha value is -2.69. The van der Waals surface area contributed by atoms with Gasteiger partial charge in [-0.05, 0) is 56.4 Å². The van der Waals surface area contributed by atoms with Crippen LogP contribution in [-0.2, 0) is 0 Å². The lowest BCUT2D eigenvalue weighted by molar-refractivity contribution is 0.0691. The van der Waals surface area contributed by atoms with E-state index < -0.39 is 0 Å². The number of carbonyl (C=O) groups is 2. The van der Waals surface area contributed by atoms with Crippen LogP contribution < -0.4 is 5.32 Å². The van der Waals surface area contributed by atoms with Crippen LogP contribution in [0, 0.1) is 19.8 Å². The Morgan fingerprint density at radius 2 is 1.77 bits per heavy atom. The Bertz CT molecular complexity index is 824. The first-order valence-corrected chi connectivity index (χ1v) is 9.09. The predicted molar refractivity (Wildman–Crippen MR) is 102 cm³/mol. The average molecular weight is 351 g/mol. The Labute approximate surface area is 154 Å². The molecule has 1 N–H and O–H groups in total. The summed E-state index contributed by atoms with van der Waals surface area (Å²) in [5.41, 5.74) is 3.47. The third-order valence-corrected chi connectivity index (χ3v) is 4.90. The second kappa shape index (κ2) is 7.68. The zero-order valence-corrected chi connectivity index (χ0v) is 15.6. The molecule has 1 aromatic heterocycles. The van der Waals surface area contributed by atoms with Crippen molar-refractivity contribution in [3.8, 4) is 0 Å². The van der Waals surface area contributed by atoms with Gasteiger partial charge in [0.15, 0.2) is 0 Å². The van der Waals surface area contributed by atoms with Crippen molar-refractivity contribution in [3.05, 3.63) is 58.9 Å². The third-order valence-electron chi connectivity index (χ3n) is 4.90. The van der Waals surface area contributed by atoms with Gasteiger partial charge < -0.3 is 10.2 Å². The van der Waals surface area contributed by atoms with Gasteiger partial charge >= 0.3 is 0 Å². The monoisotopic (exact) mass is 351 g/mol. The summed E-state index contributed by atoms with van der Waals surface area (Å²) in [6, 6.07) is 10.9. The molecule has 5 heteroatoms. The Morgan fingerprint density at radius 1 is 1.08 bits per heavy atom. The van der Waals surface area contributed by atoms with Crippen molar-refractivity contribution in [2.45, 2.75) is 33.6 Å². The van der Waals surface area contributed by atoms with Crippen LogP contribution in [0.1, 0.15) is 51.9 Å². The van der Waals surface area contributed by atoms with Crippen LogP contribution in [0.2, 0.25) is 0 Å². The molecule has 0 unspecified atom stereocenters. The highest BCUT2D eigenvalue weighted by molar-refractivity contribution is 6.04. The number of nitrogens with one attached hydrogen (secondary N) is 1. The fraction of sp³-hybridized carbons (Fsp3) is 0.381. The van der Waals surface area contributed by atoms with Crippen LogP contribution in [0.15, 0.2) is 36.4 Å². The molecule has 0 aliphatic carbocycles. The lowest BCUT2D eigenvalue weighted by atomic mass is 9.99. The van der Waals surface area contributed by atoms with Gasteiger partial charge in [-0.2, -0.15) is 0 Å². The second-order valence-corrected chi connectivity index (χ2v) is 7.16. The molecule has 0 radical (unpaired) electrons. The maximum atomic E-state index is 12.7. The van der Waals surface area contributed by atoms with Crippen molar-refractivity contribution in [1.82, 2.24) is 9.88 Å². The summed E-state index contributed by atoms with van der Waals surface area (Å²) in [5.74, 6) is 0.249. The standard InChI is InChI=1S/C21H25N3O2/c1-14-9-11-24(12-10-14)21(26)19-6-4-5-18(22-19)20(25)23-17-8-7-15(2)13-16(17)3/h4-8,13-14H,9-12H2,1-3H3,(H,23,25). The van der Waals surface area contributed by atoms with E-state index in [4.69, 9.17) is 0 Å². The molecule has 0 saturated carbocycles. The lowest BCUT2D eigenvalue weighted by Crippen LogP contribution is -2.38. The molecule has 1 fully saturated rings. The van der Waals surface area contributed by atoms with Crippen LogP contribution in [0.25, 0.3) is 0 Å². The van der Waals surface area contributed by atoms with E-state index in [1.54, 1.807) is 18.2 Å². The van der Waals surface area contributed by atoms with Gasteiger partial charge in [-0.15, -0.1) is 0 Å². The summed E-state index contributed by atoms with van der Waals surface area (Å²) >= 11 is 0. The maximum absolute atomic E-state index is 12.7. The van der Waals surface area contributed by atoms with Gasteiger partial charge in [0.25, 0.3) is 11.8 Å². The molecule has 1 aromatic carbocycles. The summed E-state index contributed by atoms with van der Waals surface area (Å²) in [6.07, 6.45) is 2.03. The second-order valence-electron chi connectivity index (χ2n) is 7.16.